The van der Waals surface area contributed by atoms with E-state index < -0.39 is 0 Å². The molecule has 0 unspecified atom stereocenters. The summed E-state index contributed by atoms with van der Waals surface area (Å²) in [6.07, 6.45) is 0.945. The molecule has 62 valence electrons. The molecule has 0 saturated heterocycles. The van der Waals surface area contributed by atoms with Gasteiger partial charge in [0.2, 0.25) is 0 Å². The van der Waals surface area contributed by atoms with Crippen LogP contribution in [0.5, 0.6) is 0 Å². The van der Waals surface area contributed by atoms with Crippen LogP contribution in [0.3, 0.4) is 0 Å². The van der Waals surface area contributed by atoms with Gasteiger partial charge >= 0.3 is 0 Å². The SMILES string of the molecule is CN(C)CCc1cc(N)[nH]n1. The lowest BCUT2D eigenvalue weighted by Gasteiger charge is -2.06. The first-order valence-electron chi connectivity index (χ1n) is 3.63. The van der Waals surface area contributed by atoms with Crippen molar-refractivity contribution in [2.24, 2.45) is 0 Å². The van der Waals surface area contributed by atoms with Crippen molar-refractivity contribution in [3.8, 4) is 0 Å². The van der Waals surface area contributed by atoms with Gasteiger partial charge in [0, 0.05) is 19.0 Å². The van der Waals surface area contributed by atoms with Gasteiger partial charge in [0.15, 0.2) is 0 Å². The number of nitrogens with two attached hydrogens (primary N) is 1. The standard InChI is InChI=1S/C7H14N4/c1-11(2)4-3-6-5-7(8)10-9-6/h5H,3-4H2,1-2H3,(H3,8,9,10). The van der Waals surface area contributed by atoms with E-state index in [1.807, 2.05) is 20.2 Å². The number of aromatic amines is 1. The van der Waals surface area contributed by atoms with Crippen molar-refractivity contribution in [2.45, 2.75) is 6.42 Å². The molecule has 0 aliphatic rings. The van der Waals surface area contributed by atoms with Crippen LogP contribution in [0.1, 0.15) is 5.69 Å². The fourth-order valence-electron chi connectivity index (χ4n) is 0.847. The van der Waals surface area contributed by atoms with E-state index in [4.69, 9.17) is 5.73 Å². The molecule has 0 amide bonds. The molecule has 1 aromatic rings. The Morgan fingerprint density at radius 2 is 2.36 bits per heavy atom. The zero-order valence-corrected chi connectivity index (χ0v) is 6.96. The Labute approximate surface area is 66.4 Å². The number of H-pyrrole nitrogens is 1. The quantitative estimate of drug-likeness (QED) is 0.649. The Morgan fingerprint density at radius 3 is 2.82 bits per heavy atom. The average molecular weight is 154 g/mol. The lowest BCUT2D eigenvalue weighted by molar-refractivity contribution is 0.411. The molecule has 4 heteroatoms. The van der Waals surface area contributed by atoms with E-state index in [2.05, 4.69) is 15.1 Å². The van der Waals surface area contributed by atoms with E-state index in [1.54, 1.807) is 0 Å². The van der Waals surface area contributed by atoms with Crippen molar-refractivity contribution in [3.05, 3.63) is 11.8 Å². The summed E-state index contributed by atoms with van der Waals surface area (Å²) in [6, 6.07) is 1.86. The molecule has 0 atom stereocenters. The number of rotatable bonds is 3. The maximum Gasteiger partial charge on any atom is 0.119 e. The molecule has 0 aliphatic carbocycles. The summed E-state index contributed by atoms with van der Waals surface area (Å²) in [5, 5.41) is 6.71. The first-order valence-corrected chi connectivity index (χ1v) is 3.63. The molecule has 0 radical (unpaired) electrons. The molecule has 1 heterocycles. The number of hydrogen-bond donors (Lipinski definition) is 2. The smallest absolute Gasteiger partial charge is 0.119 e. The fourth-order valence-corrected chi connectivity index (χ4v) is 0.847. The van der Waals surface area contributed by atoms with Gasteiger partial charge in [-0.15, -0.1) is 0 Å². The molecule has 0 aliphatic heterocycles. The van der Waals surface area contributed by atoms with E-state index in [0.29, 0.717) is 5.82 Å². The zero-order chi connectivity index (χ0) is 8.27. The Bertz CT molecular complexity index is 216. The van der Waals surface area contributed by atoms with Gasteiger partial charge in [0.05, 0.1) is 5.69 Å². The minimum Gasteiger partial charge on any atom is -0.384 e. The summed E-state index contributed by atoms with van der Waals surface area (Å²) >= 11 is 0. The predicted octanol–water partition coefficient (Wildman–Crippen LogP) is 0.0960. The molecular formula is C7H14N4. The van der Waals surface area contributed by atoms with E-state index in [1.165, 1.54) is 0 Å². The van der Waals surface area contributed by atoms with Crippen LogP contribution in [-0.4, -0.2) is 35.7 Å². The average Bonchev–Trinajstić information content (AvgIpc) is 2.31. The van der Waals surface area contributed by atoms with E-state index in [-0.39, 0.29) is 0 Å². The Kier molecular flexibility index (Phi) is 2.48. The molecule has 1 aromatic heterocycles. The van der Waals surface area contributed by atoms with Crippen molar-refractivity contribution >= 4 is 5.82 Å². The predicted molar refractivity (Wildman–Crippen MR) is 45.3 cm³/mol. The van der Waals surface area contributed by atoms with Crippen LogP contribution < -0.4 is 5.73 Å². The molecule has 3 N–H and O–H groups in total. The molecular weight excluding hydrogens is 140 g/mol. The van der Waals surface area contributed by atoms with Gasteiger partial charge in [-0.25, -0.2) is 0 Å². The van der Waals surface area contributed by atoms with E-state index >= 15 is 0 Å². The van der Waals surface area contributed by atoms with E-state index in [9.17, 15) is 0 Å². The van der Waals surface area contributed by atoms with Crippen LogP contribution in [-0.2, 0) is 6.42 Å². The number of anilines is 1. The van der Waals surface area contributed by atoms with Gasteiger partial charge in [-0.1, -0.05) is 0 Å². The summed E-state index contributed by atoms with van der Waals surface area (Å²) < 4.78 is 0. The second-order valence-electron chi connectivity index (χ2n) is 2.87. The highest BCUT2D eigenvalue weighted by Gasteiger charge is 1.97. The number of nitrogens with one attached hydrogen (secondary N) is 1. The summed E-state index contributed by atoms with van der Waals surface area (Å²) in [5.41, 5.74) is 6.48. The Morgan fingerprint density at radius 1 is 1.64 bits per heavy atom. The number of aromatic nitrogens is 2. The molecule has 11 heavy (non-hydrogen) atoms. The first kappa shape index (κ1) is 8.07. The number of hydrogen-bond acceptors (Lipinski definition) is 3. The minimum atomic E-state index is 0.638. The van der Waals surface area contributed by atoms with Crippen LogP contribution >= 0.6 is 0 Å². The Hall–Kier alpha value is -1.03. The van der Waals surface area contributed by atoms with Gasteiger partial charge < -0.3 is 10.6 Å². The zero-order valence-electron chi connectivity index (χ0n) is 6.96. The second-order valence-corrected chi connectivity index (χ2v) is 2.87. The summed E-state index contributed by atoms with van der Waals surface area (Å²) in [7, 11) is 4.08. The van der Waals surface area contributed by atoms with Crippen LogP contribution in [0.25, 0.3) is 0 Å². The van der Waals surface area contributed by atoms with Gasteiger partial charge in [-0.3, -0.25) is 5.10 Å². The summed E-state index contributed by atoms with van der Waals surface area (Å²) in [4.78, 5) is 2.12. The van der Waals surface area contributed by atoms with Crippen molar-refractivity contribution in [3.63, 3.8) is 0 Å². The largest absolute Gasteiger partial charge is 0.384 e. The number of nitrogens with zero attached hydrogens (tertiary/aromatic N) is 2. The van der Waals surface area contributed by atoms with Crippen molar-refractivity contribution in [1.82, 2.24) is 15.1 Å². The second kappa shape index (κ2) is 3.39. The van der Waals surface area contributed by atoms with Crippen molar-refractivity contribution in [1.29, 1.82) is 0 Å². The van der Waals surface area contributed by atoms with Crippen LogP contribution in [0, 0.1) is 0 Å². The van der Waals surface area contributed by atoms with Crippen LogP contribution in [0.2, 0.25) is 0 Å². The molecule has 0 spiro atoms. The van der Waals surface area contributed by atoms with E-state index in [0.717, 1.165) is 18.7 Å². The maximum absolute atomic E-state index is 5.45. The topological polar surface area (TPSA) is 57.9 Å². The van der Waals surface area contributed by atoms with Crippen LogP contribution in [0.15, 0.2) is 6.07 Å². The third-order valence-corrected chi connectivity index (χ3v) is 1.47. The van der Waals surface area contributed by atoms with Gasteiger partial charge in [0.25, 0.3) is 0 Å². The first-order chi connectivity index (χ1) is 5.18. The highest BCUT2D eigenvalue weighted by Crippen LogP contribution is 2.00. The fraction of sp³-hybridized carbons (Fsp3) is 0.571. The summed E-state index contributed by atoms with van der Waals surface area (Å²) in [6.45, 7) is 1.00. The molecule has 0 fully saturated rings. The maximum atomic E-state index is 5.45. The van der Waals surface area contributed by atoms with Gasteiger partial charge in [-0.05, 0) is 14.1 Å². The van der Waals surface area contributed by atoms with Crippen LogP contribution in [0.4, 0.5) is 5.82 Å². The van der Waals surface area contributed by atoms with Gasteiger partial charge in [0.1, 0.15) is 5.82 Å². The highest BCUT2D eigenvalue weighted by atomic mass is 15.2. The molecule has 1 rings (SSSR count). The molecule has 4 nitrogen and oxygen atoms in total. The van der Waals surface area contributed by atoms with Gasteiger partial charge in [-0.2, -0.15) is 5.10 Å². The highest BCUT2D eigenvalue weighted by molar-refractivity contribution is 5.28. The van der Waals surface area contributed by atoms with Crippen molar-refractivity contribution in [2.75, 3.05) is 26.4 Å². The monoisotopic (exact) mass is 154 g/mol. The molecule has 0 bridgehead atoms. The molecule has 0 saturated carbocycles. The third-order valence-electron chi connectivity index (χ3n) is 1.47. The number of nitrogen functional groups attached to an aromatic ring is 1. The third kappa shape index (κ3) is 2.59. The lowest BCUT2D eigenvalue weighted by atomic mass is 10.3. The normalized spacial score (nSPS) is 10.8. The number of likely N-dealkylation sites (N-methyl/N-ethyl adjacent to an activating group) is 1. The molecule has 0 aromatic carbocycles. The van der Waals surface area contributed by atoms with Crippen molar-refractivity contribution < 1.29 is 0 Å². The minimum absolute atomic E-state index is 0.638. The Balaban J connectivity index is 2.39. The summed E-state index contributed by atoms with van der Waals surface area (Å²) in [5.74, 6) is 0.638. The lowest BCUT2D eigenvalue weighted by Crippen LogP contribution is -2.15.